The summed E-state index contributed by atoms with van der Waals surface area (Å²) in [6.45, 7) is 5.83. The molecule has 0 aliphatic carbocycles. The minimum Gasteiger partial charge on any atom is -0.466 e. The van der Waals surface area contributed by atoms with Crippen LogP contribution in [0, 0.1) is 0 Å². The molecule has 1 aromatic rings. The van der Waals surface area contributed by atoms with Crippen molar-refractivity contribution in [3.63, 3.8) is 0 Å². The molecule has 1 aromatic heterocycles. The molecule has 1 heterocycles. The number of ether oxygens (including phenoxy) is 1. The van der Waals surface area contributed by atoms with Gasteiger partial charge in [-0.2, -0.15) is 0 Å². The molecule has 1 rings (SSSR count). The number of rotatable bonds is 2. The van der Waals surface area contributed by atoms with Crippen molar-refractivity contribution in [2.24, 2.45) is 0 Å². The molecule has 0 radical (unpaired) electrons. The standard InChI is InChI=1S/C6H8S.C4H8O2.2CH4/c1-2-6-4-3-5-7-6;1-3-6-4(2)5;;/h3-5H,2H2,1H3;3H2,1-2H3;2*1H4. The second-order valence-electron chi connectivity index (χ2n) is 2.36. The quantitative estimate of drug-likeness (QED) is 0.716. The predicted molar refractivity (Wildman–Crippen MR) is 69.5 cm³/mol. The van der Waals surface area contributed by atoms with Gasteiger partial charge in [0.2, 0.25) is 0 Å². The van der Waals surface area contributed by atoms with Crippen molar-refractivity contribution in [3.05, 3.63) is 22.4 Å². The number of thiophene rings is 1. The van der Waals surface area contributed by atoms with E-state index in [0.29, 0.717) is 6.61 Å². The van der Waals surface area contributed by atoms with E-state index in [9.17, 15) is 4.79 Å². The lowest BCUT2D eigenvalue weighted by atomic mass is 10.4. The average molecular weight is 232 g/mol. The van der Waals surface area contributed by atoms with Crippen LogP contribution in [-0.4, -0.2) is 12.6 Å². The lowest BCUT2D eigenvalue weighted by Gasteiger charge is -1.89. The van der Waals surface area contributed by atoms with Crippen LogP contribution in [0.1, 0.15) is 40.5 Å². The Labute approximate surface area is 98.3 Å². The molecule has 3 heteroatoms. The third kappa shape index (κ3) is 13.2. The van der Waals surface area contributed by atoms with Crippen LogP contribution in [0.3, 0.4) is 0 Å². The summed E-state index contributed by atoms with van der Waals surface area (Å²) in [6.07, 6.45) is 1.18. The van der Waals surface area contributed by atoms with Gasteiger partial charge >= 0.3 is 5.97 Å². The van der Waals surface area contributed by atoms with Crippen LogP contribution in [0.2, 0.25) is 0 Å². The highest BCUT2D eigenvalue weighted by Crippen LogP contribution is 2.07. The van der Waals surface area contributed by atoms with Crippen molar-refractivity contribution in [2.75, 3.05) is 6.61 Å². The van der Waals surface area contributed by atoms with Crippen molar-refractivity contribution in [1.82, 2.24) is 0 Å². The topological polar surface area (TPSA) is 26.3 Å². The number of esters is 1. The average Bonchev–Trinajstić information content (AvgIpc) is 2.56. The SMILES string of the molecule is C.C.CCOC(C)=O.CCc1cccs1. The second kappa shape index (κ2) is 13.2. The van der Waals surface area contributed by atoms with Crippen LogP contribution >= 0.6 is 11.3 Å². The molecule has 90 valence electrons. The first-order chi connectivity index (χ1) is 6.20. The van der Waals surface area contributed by atoms with Crippen molar-refractivity contribution in [3.8, 4) is 0 Å². The molecule has 0 aliphatic rings. The molecule has 0 atom stereocenters. The van der Waals surface area contributed by atoms with Crippen molar-refractivity contribution >= 4 is 17.3 Å². The minimum atomic E-state index is -0.211. The summed E-state index contributed by atoms with van der Waals surface area (Å²) in [5, 5.41) is 2.11. The van der Waals surface area contributed by atoms with Crippen LogP contribution in [0.15, 0.2) is 17.5 Å². The van der Waals surface area contributed by atoms with Gasteiger partial charge < -0.3 is 4.74 Å². The van der Waals surface area contributed by atoms with E-state index in [4.69, 9.17) is 0 Å². The van der Waals surface area contributed by atoms with Gasteiger partial charge in [0.05, 0.1) is 6.61 Å². The van der Waals surface area contributed by atoms with Crippen LogP contribution in [-0.2, 0) is 16.0 Å². The highest BCUT2D eigenvalue weighted by atomic mass is 32.1. The van der Waals surface area contributed by atoms with Gasteiger partial charge in [-0.05, 0) is 24.8 Å². The maximum Gasteiger partial charge on any atom is 0.302 e. The first-order valence-corrected chi connectivity index (χ1v) is 5.24. The van der Waals surface area contributed by atoms with Gasteiger partial charge in [0.25, 0.3) is 0 Å². The Morgan fingerprint density at radius 2 is 2.00 bits per heavy atom. The molecule has 0 spiro atoms. The molecule has 0 fully saturated rings. The summed E-state index contributed by atoms with van der Waals surface area (Å²) in [5.41, 5.74) is 0. The van der Waals surface area contributed by atoms with Gasteiger partial charge in [-0.25, -0.2) is 0 Å². The third-order valence-corrected chi connectivity index (χ3v) is 2.30. The van der Waals surface area contributed by atoms with Gasteiger partial charge in [-0.15, -0.1) is 11.3 Å². The van der Waals surface area contributed by atoms with E-state index < -0.39 is 0 Å². The normalized spacial score (nSPS) is 7.40. The highest BCUT2D eigenvalue weighted by Gasteiger charge is 1.82. The fourth-order valence-corrected chi connectivity index (χ4v) is 1.37. The Morgan fingerprint density at radius 1 is 1.40 bits per heavy atom. The van der Waals surface area contributed by atoms with E-state index in [2.05, 4.69) is 29.2 Å². The van der Waals surface area contributed by atoms with Crippen LogP contribution in [0.25, 0.3) is 0 Å². The highest BCUT2D eigenvalue weighted by molar-refractivity contribution is 7.09. The summed E-state index contributed by atoms with van der Waals surface area (Å²) in [4.78, 5) is 11.3. The molecular weight excluding hydrogens is 208 g/mol. The molecule has 0 saturated carbocycles. The molecule has 0 amide bonds. The van der Waals surface area contributed by atoms with Crippen LogP contribution < -0.4 is 0 Å². The fraction of sp³-hybridized carbons (Fsp3) is 0.583. The molecule has 0 aliphatic heterocycles. The van der Waals surface area contributed by atoms with Crippen molar-refractivity contribution in [2.45, 2.75) is 42.0 Å². The first-order valence-electron chi connectivity index (χ1n) is 4.36. The Morgan fingerprint density at radius 3 is 2.13 bits per heavy atom. The molecule has 0 saturated heterocycles. The van der Waals surface area contributed by atoms with E-state index in [0.717, 1.165) is 0 Å². The first kappa shape index (κ1) is 19.7. The number of carbonyl (C=O) groups excluding carboxylic acids is 1. The largest absolute Gasteiger partial charge is 0.466 e. The van der Waals surface area contributed by atoms with Gasteiger partial charge in [0, 0.05) is 11.8 Å². The van der Waals surface area contributed by atoms with Gasteiger partial charge in [-0.3, -0.25) is 4.79 Å². The molecule has 15 heavy (non-hydrogen) atoms. The van der Waals surface area contributed by atoms with E-state index in [1.807, 2.05) is 11.3 Å². The fourth-order valence-electron chi connectivity index (χ4n) is 0.717. The summed E-state index contributed by atoms with van der Waals surface area (Å²) in [6, 6.07) is 4.24. The summed E-state index contributed by atoms with van der Waals surface area (Å²) in [5.74, 6) is -0.211. The summed E-state index contributed by atoms with van der Waals surface area (Å²) in [7, 11) is 0. The Balaban J connectivity index is -0.000000172. The van der Waals surface area contributed by atoms with Crippen molar-refractivity contribution < 1.29 is 9.53 Å². The molecule has 0 bridgehead atoms. The zero-order chi connectivity index (χ0) is 10.1. The minimum absolute atomic E-state index is 0. The Kier molecular flexibility index (Phi) is 17.3. The second-order valence-corrected chi connectivity index (χ2v) is 3.39. The lowest BCUT2D eigenvalue weighted by Crippen LogP contribution is -1.95. The third-order valence-electron chi connectivity index (χ3n) is 1.28. The lowest BCUT2D eigenvalue weighted by molar-refractivity contribution is -0.140. The maximum absolute atomic E-state index is 9.82. The van der Waals surface area contributed by atoms with E-state index >= 15 is 0 Å². The smallest absolute Gasteiger partial charge is 0.302 e. The monoisotopic (exact) mass is 232 g/mol. The number of carbonyl (C=O) groups is 1. The van der Waals surface area contributed by atoms with Crippen LogP contribution in [0.5, 0.6) is 0 Å². The zero-order valence-corrected chi connectivity index (χ0v) is 9.19. The Bertz CT molecular complexity index is 218. The Hall–Kier alpha value is -0.830. The number of aryl methyl sites for hydroxylation is 1. The number of hydrogen-bond donors (Lipinski definition) is 0. The van der Waals surface area contributed by atoms with Gasteiger partial charge in [0.15, 0.2) is 0 Å². The summed E-state index contributed by atoms with van der Waals surface area (Å²) < 4.78 is 4.40. The van der Waals surface area contributed by atoms with Crippen molar-refractivity contribution in [1.29, 1.82) is 0 Å². The van der Waals surface area contributed by atoms with E-state index in [1.54, 1.807) is 6.92 Å². The zero-order valence-electron chi connectivity index (χ0n) is 8.37. The van der Waals surface area contributed by atoms with Crippen LogP contribution in [0.4, 0.5) is 0 Å². The maximum atomic E-state index is 9.82. The van der Waals surface area contributed by atoms with Gasteiger partial charge in [0.1, 0.15) is 0 Å². The molecule has 0 N–H and O–H groups in total. The molecular formula is C12H24O2S. The molecule has 0 aromatic carbocycles. The number of hydrogen-bond acceptors (Lipinski definition) is 3. The van der Waals surface area contributed by atoms with E-state index in [-0.39, 0.29) is 20.8 Å². The van der Waals surface area contributed by atoms with E-state index in [1.165, 1.54) is 18.2 Å². The molecule has 2 nitrogen and oxygen atoms in total. The molecule has 0 unspecified atom stereocenters. The van der Waals surface area contributed by atoms with Gasteiger partial charge in [-0.1, -0.05) is 27.8 Å². The summed E-state index contributed by atoms with van der Waals surface area (Å²) >= 11 is 1.82. The predicted octanol–water partition coefficient (Wildman–Crippen LogP) is 4.15.